The highest BCUT2D eigenvalue weighted by Gasteiger charge is 2.45. The fourth-order valence-corrected chi connectivity index (χ4v) is 4.45. The topological polar surface area (TPSA) is 63.2 Å². The molecule has 4 nitrogen and oxygen atoms in total. The second kappa shape index (κ2) is 4.84. The van der Waals surface area contributed by atoms with Gasteiger partial charge in [0, 0.05) is 12.0 Å². The lowest BCUT2D eigenvalue weighted by molar-refractivity contribution is -0.122. The van der Waals surface area contributed by atoms with E-state index in [-0.39, 0.29) is 41.1 Å². The van der Waals surface area contributed by atoms with Crippen LogP contribution >= 0.6 is 0 Å². The number of halogens is 1. The van der Waals surface area contributed by atoms with Gasteiger partial charge in [-0.15, -0.1) is 0 Å². The number of carbonyl (C=O) groups is 1. The number of hydrogen-bond donors (Lipinski definition) is 1. The summed E-state index contributed by atoms with van der Waals surface area (Å²) in [6.07, 6.45) is 1.25. The second-order valence-electron chi connectivity index (χ2n) is 5.61. The highest BCUT2D eigenvalue weighted by atomic mass is 32.2. The maximum absolute atomic E-state index is 12.8. The molecule has 2 fully saturated rings. The van der Waals surface area contributed by atoms with Gasteiger partial charge in [-0.25, -0.2) is 12.8 Å². The van der Waals surface area contributed by atoms with Gasteiger partial charge in [-0.2, -0.15) is 0 Å². The van der Waals surface area contributed by atoms with E-state index in [9.17, 15) is 17.6 Å². The van der Waals surface area contributed by atoms with E-state index in [0.717, 1.165) is 12.0 Å². The largest absolute Gasteiger partial charge is 0.352 e. The molecule has 1 aliphatic carbocycles. The molecule has 1 saturated heterocycles. The summed E-state index contributed by atoms with van der Waals surface area (Å²) in [5, 5.41) is 2.82. The van der Waals surface area contributed by atoms with Crippen molar-refractivity contribution in [2.45, 2.75) is 24.8 Å². The molecule has 1 amide bonds. The van der Waals surface area contributed by atoms with Gasteiger partial charge in [-0.3, -0.25) is 4.79 Å². The molecule has 0 radical (unpaired) electrons. The Morgan fingerprint density at radius 1 is 1.25 bits per heavy atom. The Morgan fingerprint density at radius 3 is 2.55 bits per heavy atom. The van der Waals surface area contributed by atoms with E-state index < -0.39 is 9.84 Å². The smallest absolute Gasteiger partial charge is 0.223 e. The number of hydrogen-bond acceptors (Lipinski definition) is 3. The Morgan fingerprint density at radius 2 is 1.95 bits per heavy atom. The van der Waals surface area contributed by atoms with Gasteiger partial charge in [0.2, 0.25) is 5.91 Å². The maximum atomic E-state index is 12.8. The number of carbonyl (C=O) groups excluding carboxylic acids is 1. The van der Waals surface area contributed by atoms with E-state index in [4.69, 9.17) is 0 Å². The monoisotopic (exact) mass is 297 g/mol. The van der Waals surface area contributed by atoms with Crippen molar-refractivity contribution < 1.29 is 17.6 Å². The molecule has 3 rings (SSSR count). The minimum Gasteiger partial charge on any atom is -0.352 e. The summed E-state index contributed by atoms with van der Waals surface area (Å²) in [5.74, 6) is -0.137. The average molecular weight is 297 g/mol. The number of nitrogens with one attached hydrogen (secondary N) is 1. The molecule has 0 bridgehead atoms. The van der Waals surface area contributed by atoms with Crippen molar-refractivity contribution >= 4 is 15.7 Å². The first-order chi connectivity index (χ1) is 9.44. The van der Waals surface area contributed by atoms with Crippen molar-refractivity contribution in [3.05, 3.63) is 35.6 Å². The predicted molar refractivity (Wildman–Crippen MR) is 72.4 cm³/mol. The molecule has 1 aromatic carbocycles. The number of benzene rings is 1. The molecule has 20 heavy (non-hydrogen) atoms. The zero-order valence-electron chi connectivity index (χ0n) is 10.9. The molecule has 108 valence electrons. The third-order valence-corrected chi connectivity index (χ3v) is 5.77. The molecule has 6 heteroatoms. The van der Waals surface area contributed by atoms with Gasteiger partial charge >= 0.3 is 0 Å². The molecule has 2 aliphatic rings. The first-order valence-corrected chi connectivity index (χ1v) is 8.53. The minimum atomic E-state index is -2.97. The summed E-state index contributed by atoms with van der Waals surface area (Å²) in [5.41, 5.74) is 0.964. The summed E-state index contributed by atoms with van der Waals surface area (Å²) < 4.78 is 35.5. The molecular weight excluding hydrogens is 281 g/mol. The van der Waals surface area contributed by atoms with Crippen molar-refractivity contribution in [2.75, 3.05) is 11.5 Å². The van der Waals surface area contributed by atoms with Crippen LogP contribution in [-0.4, -0.2) is 31.9 Å². The summed E-state index contributed by atoms with van der Waals surface area (Å²) in [7, 11) is -2.97. The number of sulfone groups is 1. The first kappa shape index (κ1) is 13.5. The minimum absolute atomic E-state index is 0.0483. The van der Waals surface area contributed by atoms with E-state index in [1.165, 1.54) is 12.1 Å². The van der Waals surface area contributed by atoms with E-state index >= 15 is 0 Å². The van der Waals surface area contributed by atoms with Crippen molar-refractivity contribution in [3.63, 3.8) is 0 Å². The molecule has 0 spiro atoms. The van der Waals surface area contributed by atoms with Crippen molar-refractivity contribution in [1.29, 1.82) is 0 Å². The van der Waals surface area contributed by atoms with E-state index in [0.29, 0.717) is 6.42 Å². The van der Waals surface area contributed by atoms with E-state index in [1.807, 2.05) is 0 Å². The van der Waals surface area contributed by atoms with Crippen LogP contribution in [-0.2, 0) is 14.6 Å². The molecule has 1 aliphatic heterocycles. The highest BCUT2D eigenvalue weighted by molar-refractivity contribution is 7.91. The predicted octanol–water partition coefficient (Wildman–Crippen LogP) is 1.23. The van der Waals surface area contributed by atoms with Gasteiger partial charge in [0.25, 0.3) is 0 Å². The maximum Gasteiger partial charge on any atom is 0.223 e. The Kier molecular flexibility index (Phi) is 3.28. The van der Waals surface area contributed by atoms with Crippen molar-refractivity contribution in [2.24, 2.45) is 5.92 Å². The van der Waals surface area contributed by atoms with Crippen LogP contribution in [0.5, 0.6) is 0 Å². The van der Waals surface area contributed by atoms with Crippen LogP contribution in [0.3, 0.4) is 0 Å². The van der Waals surface area contributed by atoms with Crippen molar-refractivity contribution in [1.82, 2.24) is 5.32 Å². The van der Waals surface area contributed by atoms with Crippen LogP contribution < -0.4 is 5.32 Å². The molecule has 1 heterocycles. The lowest BCUT2D eigenvalue weighted by Crippen LogP contribution is -2.36. The summed E-state index contributed by atoms with van der Waals surface area (Å²) in [6.45, 7) is 0. The van der Waals surface area contributed by atoms with Gasteiger partial charge < -0.3 is 5.32 Å². The van der Waals surface area contributed by atoms with Gasteiger partial charge in [0.15, 0.2) is 9.84 Å². The van der Waals surface area contributed by atoms with Crippen molar-refractivity contribution in [3.8, 4) is 0 Å². The number of amides is 1. The zero-order chi connectivity index (χ0) is 14.3. The summed E-state index contributed by atoms with van der Waals surface area (Å²) in [4.78, 5) is 12.0. The summed E-state index contributed by atoms with van der Waals surface area (Å²) in [6, 6.07) is 5.95. The van der Waals surface area contributed by atoms with Gasteiger partial charge in [-0.05, 0) is 36.5 Å². The molecular formula is C14H16FNO3S. The average Bonchev–Trinajstić information content (AvgIpc) is 3.10. The molecule has 1 aromatic rings. The molecule has 1 saturated carbocycles. The third kappa shape index (κ3) is 2.85. The number of rotatable bonds is 3. The third-order valence-electron chi connectivity index (χ3n) is 4.00. The normalized spacial score (nSPS) is 30.9. The first-order valence-electron chi connectivity index (χ1n) is 6.71. The Balaban J connectivity index is 1.57. The van der Waals surface area contributed by atoms with Crippen LogP contribution in [0.1, 0.15) is 24.3 Å². The Bertz CT molecular complexity index is 626. The SMILES string of the molecule is O=C(NC1CCS(=O)(=O)C1)C1CC1c1ccc(F)cc1. The summed E-state index contributed by atoms with van der Waals surface area (Å²) >= 11 is 0. The van der Waals surface area contributed by atoms with Crippen LogP contribution in [0.25, 0.3) is 0 Å². The van der Waals surface area contributed by atoms with Gasteiger partial charge in [0.05, 0.1) is 11.5 Å². The Hall–Kier alpha value is -1.43. The fraction of sp³-hybridized carbons (Fsp3) is 0.500. The molecule has 3 atom stereocenters. The quantitative estimate of drug-likeness (QED) is 0.913. The van der Waals surface area contributed by atoms with Gasteiger partial charge in [-0.1, -0.05) is 12.1 Å². The van der Waals surface area contributed by atoms with Gasteiger partial charge in [0.1, 0.15) is 5.82 Å². The molecule has 0 aromatic heterocycles. The van der Waals surface area contributed by atoms with E-state index in [1.54, 1.807) is 12.1 Å². The second-order valence-corrected chi connectivity index (χ2v) is 7.84. The van der Waals surface area contributed by atoms with Crippen LogP contribution in [0.15, 0.2) is 24.3 Å². The Labute approximate surface area is 117 Å². The lowest BCUT2D eigenvalue weighted by Gasteiger charge is -2.10. The molecule has 1 N–H and O–H groups in total. The fourth-order valence-electron chi connectivity index (χ4n) is 2.78. The zero-order valence-corrected chi connectivity index (χ0v) is 11.7. The molecule has 3 unspecified atom stereocenters. The van der Waals surface area contributed by atoms with Crippen LogP contribution in [0.2, 0.25) is 0 Å². The van der Waals surface area contributed by atoms with Crippen LogP contribution in [0.4, 0.5) is 4.39 Å². The lowest BCUT2D eigenvalue weighted by atomic mass is 10.1. The standard InChI is InChI=1S/C14H16FNO3S/c15-10-3-1-9(2-4-10)12-7-13(12)14(17)16-11-5-6-20(18,19)8-11/h1-4,11-13H,5-8H2,(H,16,17). The van der Waals surface area contributed by atoms with E-state index in [2.05, 4.69) is 5.32 Å². The highest BCUT2D eigenvalue weighted by Crippen LogP contribution is 2.47. The van der Waals surface area contributed by atoms with Crippen LogP contribution in [0, 0.1) is 11.7 Å².